The summed E-state index contributed by atoms with van der Waals surface area (Å²) in [6.07, 6.45) is 2.58. The molecule has 1 heterocycles. The Hall–Kier alpha value is -1.59. The Morgan fingerprint density at radius 1 is 1.31 bits per heavy atom. The molecule has 5 nitrogen and oxygen atoms in total. The molecule has 6 heteroatoms. The van der Waals surface area contributed by atoms with Crippen LogP contribution in [0.4, 0.5) is 5.69 Å². The molecule has 0 aliphatic carbocycles. The Morgan fingerprint density at radius 3 is 2.58 bits per heavy atom. The van der Waals surface area contributed by atoms with Gasteiger partial charge in [-0.2, -0.15) is 0 Å². The highest BCUT2D eigenvalue weighted by molar-refractivity contribution is 5.96. The van der Waals surface area contributed by atoms with Gasteiger partial charge in [0.25, 0.3) is 5.91 Å². The summed E-state index contributed by atoms with van der Waals surface area (Å²) in [5.41, 5.74) is 8.36. The Labute approximate surface area is 163 Å². The van der Waals surface area contributed by atoms with Crippen LogP contribution in [0, 0.1) is 18.8 Å². The highest BCUT2D eigenvalue weighted by Gasteiger charge is 2.26. The minimum Gasteiger partial charge on any atom is -0.338 e. The Kier molecular flexibility index (Phi) is 8.57. The molecule has 0 spiro atoms. The number of nitrogens with zero attached hydrogens (tertiary/aromatic N) is 1. The lowest BCUT2D eigenvalue weighted by Crippen LogP contribution is -2.45. The molecule has 1 aromatic rings. The fourth-order valence-corrected chi connectivity index (χ4v) is 3.32. The van der Waals surface area contributed by atoms with Crippen LogP contribution in [-0.4, -0.2) is 35.8 Å². The highest BCUT2D eigenvalue weighted by Crippen LogP contribution is 2.23. The van der Waals surface area contributed by atoms with Crippen molar-refractivity contribution in [2.24, 2.45) is 17.6 Å². The molecule has 3 N–H and O–H groups in total. The van der Waals surface area contributed by atoms with Gasteiger partial charge in [0.05, 0.1) is 0 Å². The van der Waals surface area contributed by atoms with Crippen molar-refractivity contribution >= 4 is 29.9 Å². The molecule has 1 saturated heterocycles. The Balaban J connectivity index is 0.00000338. The maximum atomic E-state index is 12.8. The van der Waals surface area contributed by atoms with E-state index >= 15 is 0 Å². The second kappa shape index (κ2) is 9.93. The van der Waals surface area contributed by atoms with Gasteiger partial charge >= 0.3 is 0 Å². The number of nitrogens with two attached hydrogens (primary N) is 1. The molecule has 1 fully saturated rings. The van der Waals surface area contributed by atoms with E-state index in [9.17, 15) is 9.59 Å². The monoisotopic (exact) mass is 381 g/mol. The SMILES string of the molecule is Cc1cc(C(=O)N2CCCC(C(C)N)C2)ccc1NC(=O)CC(C)C.Cl. The van der Waals surface area contributed by atoms with E-state index in [4.69, 9.17) is 5.73 Å². The molecule has 146 valence electrons. The molecule has 0 saturated carbocycles. The molecule has 2 atom stereocenters. The van der Waals surface area contributed by atoms with Crippen molar-refractivity contribution in [1.82, 2.24) is 4.90 Å². The van der Waals surface area contributed by atoms with E-state index in [1.807, 2.05) is 44.7 Å². The number of nitrogens with one attached hydrogen (secondary N) is 1. The lowest BCUT2D eigenvalue weighted by molar-refractivity contribution is -0.116. The van der Waals surface area contributed by atoms with Crippen molar-refractivity contribution in [2.75, 3.05) is 18.4 Å². The second-order valence-corrected chi connectivity index (χ2v) is 7.69. The van der Waals surface area contributed by atoms with Crippen molar-refractivity contribution < 1.29 is 9.59 Å². The number of halogens is 1. The Morgan fingerprint density at radius 2 is 2.00 bits per heavy atom. The molecular formula is C20H32ClN3O2. The van der Waals surface area contributed by atoms with Crippen LogP contribution in [0.3, 0.4) is 0 Å². The first kappa shape index (κ1) is 22.5. The third-order valence-corrected chi connectivity index (χ3v) is 4.83. The summed E-state index contributed by atoms with van der Waals surface area (Å²) in [5, 5.41) is 2.93. The van der Waals surface area contributed by atoms with Crippen LogP contribution in [-0.2, 0) is 4.79 Å². The molecule has 1 aliphatic rings. The number of hydrogen-bond acceptors (Lipinski definition) is 3. The van der Waals surface area contributed by atoms with Gasteiger partial charge in [-0.15, -0.1) is 12.4 Å². The van der Waals surface area contributed by atoms with Gasteiger partial charge in [0.15, 0.2) is 0 Å². The van der Waals surface area contributed by atoms with Crippen molar-refractivity contribution in [3.8, 4) is 0 Å². The molecule has 0 bridgehead atoms. The molecule has 2 rings (SSSR count). The number of aryl methyl sites for hydroxylation is 1. The van der Waals surface area contributed by atoms with Crippen LogP contribution in [0.2, 0.25) is 0 Å². The maximum Gasteiger partial charge on any atom is 0.253 e. The van der Waals surface area contributed by atoms with Crippen molar-refractivity contribution in [3.05, 3.63) is 29.3 Å². The summed E-state index contributed by atoms with van der Waals surface area (Å²) in [6, 6.07) is 5.60. The van der Waals surface area contributed by atoms with Crippen LogP contribution in [0.25, 0.3) is 0 Å². The van der Waals surface area contributed by atoms with E-state index in [1.54, 1.807) is 6.07 Å². The first-order valence-corrected chi connectivity index (χ1v) is 9.23. The van der Waals surface area contributed by atoms with Crippen molar-refractivity contribution in [3.63, 3.8) is 0 Å². The zero-order valence-corrected chi connectivity index (χ0v) is 17.1. The molecule has 1 aromatic carbocycles. The van der Waals surface area contributed by atoms with Gasteiger partial charge in [0, 0.05) is 36.8 Å². The Bertz CT molecular complexity index is 631. The van der Waals surface area contributed by atoms with E-state index in [0.717, 1.165) is 37.2 Å². The molecule has 26 heavy (non-hydrogen) atoms. The maximum absolute atomic E-state index is 12.8. The standard InChI is InChI=1S/C20H31N3O2.ClH/c1-13(2)10-19(24)22-18-8-7-16(11-14(18)3)20(25)23-9-5-6-17(12-23)15(4)21;/h7-8,11,13,15,17H,5-6,9-10,12,21H2,1-4H3,(H,22,24);1H. The summed E-state index contributed by atoms with van der Waals surface area (Å²) in [4.78, 5) is 26.6. The van der Waals surface area contributed by atoms with Gasteiger partial charge in [-0.05, 0) is 62.3 Å². The largest absolute Gasteiger partial charge is 0.338 e. The minimum absolute atomic E-state index is 0. The van der Waals surface area contributed by atoms with Crippen molar-refractivity contribution in [2.45, 2.75) is 53.0 Å². The van der Waals surface area contributed by atoms with E-state index in [2.05, 4.69) is 5.32 Å². The average molecular weight is 382 g/mol. The number of likely N-dealkylation sites (tertiary alicyclic amines) is 1. The van der Waals surface area contributed by atoms with Crippen molar-refractivity contribution in [1.29, 1.82) is 0 Å². The lowest BCUT2D eigenvalue weighted by atomic mass is 9.91. The second-order valence-electron chi connectivity index (χ2n) is 7.69. The van der Waals surface area contributed by atoms with Gasteiger partial charge in [0.2, 0.25) is 5.91 Å². The smallest absolute Gasteiger partial charge is 0.253 e. The predicted molar refractivity (Wildman–Crippen MR) is 109 cm³/mol. The first-order chi connectivity index (χ1) is 11.8. The van der Waals surface area contributed by atoms with Gasteiger partial charge in [-0.25, -0.2) is 0 Å². The summed E-state index contributed by atoms with van der Waals surface area (Å²) >= 11 is 0. The third-order valence-electron chi connectivity index (χ3n) is 4.83. The number of anilines is 1. The molecule has 0 aromatic heterocycles. The molecule has 1 aliphatic heterocycles. The van der Waals surface area contributed by atoms with Crippen LogP contribution in [0.1, 0.15) is 56.0 Å². The van der Waals surface area contributed by atoms with E-state index in [-0.39, 0.29) is 30.3 Å². The number of piperidine rings is 1. The fraction of sp³-hybridized carbons (Fsp3) is 0.600. The minimum atomic E-state index is 0. The molecule has 2 unspecified atom stereocenters. The van der Waals surface area contributed by atoms with Crippen LogP contribution >= 0.6 is 12.4 Å². The number of amides is 2. The quantitative estimate of drug-likeness (QED) is 0.818. The van der Waals surface area contributed by atoms with E-state index in [0.29, 0.717) is 23.8 Å². The van der Waals surface area contributed by atoms with E-state index in [1.165, 1.54) is 0 Å². The zero-order valence-electron chi connectivity index (χ0n) is 16.2. The third kappa shape index (κ3) is 5.99. The molecule has 0 radical (unpaired) electrons. The first-order valence-electron chi connectivity index (χ1n) is 9.23. The summed E-state index contributed by atoms with van der Waals surface area (Å²) in [7, 11) is 0. The van der Waals surface area contributed by atoms with Gasteiger partial charge < -0.3 is 16.0 Å². The van der Waals surface area contributed by atoms with Crippen LogP contribution < -0.4 is 11.1 Å². The normalized spacial score (nSPS) is 18.2. The number of benzene rings is 1. The van der Waals surface area contributed by atoms with Gasteiger partial charge in [-0.3, -0.25) is 9.59 Å². The lowest BCUT2D eigenvalue weighted by Gasteiger charge is -2.34. The number of hydrogen-bond donors (Lipinski definition) is 2. The van der Waals surface area contributed by atoms with E-state index < -0.39 is 0 Å². The topological polar surface area (TPSA) is 75.4 Å². The zero-order chi connectivity index (χ0) is 18.6. The average Bonchev–Trinajstić information content (AvgIpc) is 2.55. The number of rotatable bonds is 5. The summed E-state index contributed by atoms with van der Waals surface area (Å²) in [6.45, 7) is 9.47. The highest BCUT2D eigenvalue weighted by atomic mass is 35.5. The molecule has 2 amide bonds. The van der Waals surface area contributed by atoms with Gasteiger partial charge in [-0.1, -0.05) is 13.8 Å². The van der Waals surface area contributed by atoms with Crippen LogP contribution in [0.15, 0.2) is 18.2 Å². The fourth-order valence-electron chi connectivity index (χ4n) is 3.32. The molecular weight excluding hydrogens is 350 g/mol. The number of carbonyl (C=O) groups is 2. The van der Waals surface area contributed by atoms with Gasteiger partial charge in [0.1, 0.15) is 0 Å². The summed E-state index contributed by atoms with van der Waals surface area (Å²) in [5.74, 6) is 0.744. The number of carbonyl (C=O) groups excluding carboxylic acids is 2. The summed E-state index contributed by atoms with van der Waals surface area (Å²) < 4.78 is 0. The van der Waals surface area contributed by atoms with Crippen LogP contribution in [0.5, 0.6) is 0 Å². The predicted octanol–water partition coefficient (Wildman–Crippen LogP) is 3.60.